The summed E-state index contributed by atoms with van der Waals surface area (Å²) in [6, 6.07) is 15.3. The third-order valence-electron chi connectivity index (χ3n) is 3.93. The molecule has 0 amide bonds. The number of ether oxygens (including phenoxy) is 1. The smallest absolute Gasteiger partial charge is 0.312 e. The fourth-order valence-electron chi connectivity index (χ4n) is 2.82. The number of hydrogen-bond acceptors (Lipinski definition) is 4. The topological polar surface area (TPSA) is 57.3 Å². The lowest BCUT2D eigenvalue weighted by Gasteiger charge is -2.06. The summed E-state index contributed by atoms with van der Waals surface area (Å²) < 4.78 is 12.9. The van der Waals surface area contributed by atoms with Crippen molar-refractivity contribution in [1.29, 1.82) is 0 Å². The highest BCUT2D eigenvalue weighted by molar-refractivity contribution is 5.80. The first-order chi connectivity index (χ1) is 11.7. The molecular weight excluding hydrogens is 304 g/mol. The first kappa shape index (κ1) is 14.5. The molecule has 24 heavy (non-hydrogen) atoms. The fraction of sp³-hybridized carbons (Fsp3) is 0.158. The van der Waals surface area contributed by atoms with Gasteiger partial charge in [-0.3, -0.25) is 4.79 Å². The molecule has 0 saturated heterocycles. The van der Waals surface area contributed by atoms with Crippen molar-refractivity contribution in [1.82, 2.24) is 9.55 Å². The quantitative estimate of drug-likeness (QED) is 0.420. The van der Waals surface area contributed by atoms with Gasteiger partial charge in [0.2, 0.25) is 0 Å². The number of aromatic nitrogens is 2. The molecule has 0 aliphatic rings. The van der Waals surface area contributed by atoms with Gasteiger partial charge in [0, 0.05) is 31.2 Å². The maximum atomic E-state index is 12.1. The first-order valence-corrected chi connectivity index (χ1v) is 7.81. The number of hydrogen-bond donors (Lipinski definition) is 0. The Bertz CT molecular complexity index is 1030. The SMILES string of the molecule is Cc1nc2cc(OC(=O)CCn3ccc4ccccc43)ccc2o1. The number of benzene rings is 2. The van der Waals surface area contributed by atoms with Crippen molar-refractivity contribution < 1.29 is 13.9 Å². The third kappa shape index (κ3) is 2.76. The van der Waals surface area contributed by atoms with E-state index in [1.807, 2.05) is 30.5 Å². The van der Waals surface area contributed by atoms with Gasteiger partial charge in [0.25, 0.3) is 0 Å². The van der Waals surface area contributed by atoms with Gasteiger partial charge in [0.05, 0.1) is 6.42 Å². The molecule has 4 rings (SSSR count). The minimum atomic E-state index is -0.271. The van der Waals surface area contributed by atoms with Crippen molar-refractivity contribution >= 4 is 28.0 Å². The van der Waals surface area contributed by atoms with E-state index in [0.29, 0.717) is 35.7 Å². The largest absolute Gasteiger partial charge is 0.441 e. The van der Waals surface area contributed by atoms with E-state index in [1.165, 1.54) is 0 Å². The molecule has 2 heterocycles. The molecule has 0 bridgehead atoms. The molecule has 0 atom stereocenters. The average Bonchev–Trinajstić information content (AvgIpc) is 3.15. The lowest BCUT2D eigenvalue weighted by Crippen LogP contribution is -2.11. The predicted octanol–water partition coefficient (Wildman–Crippen LogP) is 4.09. The van der Waals surface area contributed by atoms with Crippen molar-refractivity contribution in [3.8, 4) is 5.75 Å². The van der Waals surface area contributed by atoms with Crippen LogP contribution in [0.4, 0.5) is 0 Å². The summed E-state index contributed by atoms with van der Waals surface area (Å²) in [7, 11) is 0. The maximum Gasteiger partial charge on any atom is 0.312 e. The van der Waals surface area contributed by atoms with Crippen molar-refractivity contribution in [3.63, 3.8) is 0 Å². The molecule has 0 saturated carbocycles. The zero-order chi connectivity index (χ0) is 16.5. The van der Waals surface area contributed by atoms with Crippen LogP contribution >= 0.6 is 0 Å². The van der Waals surface area contributed by atoms with Gasteiger partial charge in [-0.15, -0.1) is 0 Å². The van der Waals surface area contributed by atoms with Gasteiger partial charge < -0.3 is 13.7 Å². The Morgan fingerprint density at radius 3 is 3.00 bits per heavy atom. The Balaban J connectivity index is 1.44. The Morgan fingerprint density at radius 1 is 1.21 bits per heavy atom. The molecule has 0 radical (unpaired) electrons. The van der Waals surface area contributed by atoms with E-state index < -0.39 is 0 Å². The van der Waals surface area contributed by atoms with Crippen LogP contribution in [0.2, 0.25) is 0 Å². The predicted molar refractivity (Wildman–Crippen MR) is 90.9 cm³/mol. The Labute approximate surface area is 138 Å². The molecule has 0 aliphatic heterocycles. The summed E-state index contributed by atoms with van der Waals surface area (Å²) >= 11 is 0. The number of carbonyl (C=O) groups excluding carboxylic acids is 1. The van der Waals surface area contributed by atoms with Crippen LogP contribution in [0.3, 0.4) is 0 Å². The van der Waals surface area contributed by atoms with Gasteiger partial charge >= 0.3 is 5.97 Å². The number of esters is 1. The van der Waals surface area contributed by atoms with Gasteiger partial charge in [-0.2, -0.15) is 0 Å². The van der Waals surface area contributed by atoms with E-state index in [9.17, 15) is 4.79 Å². The molecular formula is C19H16N2O3. The number of fused-ring (bicyclic) bond motifs is 2. The van der Waals surface area contributed by atoms with Crippen LogP contribution in [0.5, 0.6) is 5.75 Å². The van der Waals surface area contributed by atoms with Gasteiger partial charge in [-0.1, -0.05) is 18.2 Å². The molecule has 5 heteroatoms. The second-order valence-corrected chi connectivity index (χ2v) is 5.65. The van der Waals surface area contributed by atoms with Crippen molar-refractivity contribution in [2.24, 2.45) is 0 Å². The molecule has 0 fully saturated rings. The standard InChI is InChI=1S/C19H16N2O3/c1-13-20-16-12-15(6-7-18(16)23-13)24-19(22)9-11-21-10-8-14-4-2-3-5-17(14)21/h2-8,10,12H,9,11H2,1H3. The number of nitrogens with zero attached hydrogens (tertiary/aromatic N) is 2. The maximum absolute atomic E-state index is 12.1. The highest BCUT2D eigenvalue weighted by Crippen LogP contribution is 2.22. The summed E-state index contributed by atoms with van der Waals surface area (Å²) in [5.41, 5.74) is 2.49. The highest BCUT2D eigenvalue weighted by Gasteiger charge is 2.09. The van der Waals surface area contributed by atoms with Gasteiger partial charge in [0.15, 0.2) is 11.5 Å². The van der Waals surface area contributed by atoms with Gasteiger partial charge in [0.1, 0.15) is 11.3 Å². The molecule has 120 valence electrons. The molecule has 0 unspecified atom stereocenters. The Kier molecular flexibility index (Phi) is 3.54. The molecule has 4 aromatic rings. The zero-order valence-electron chi connectivity index (χ0n) is 13.2. The summed E-state index contributed by atoms with van der Waals surface area (Å²) in [6.45, 7) is 2.37. The molecule has 0 N–H and O–H groups in total. The average molecular weight is 320 g/mol. The fourth-order valence-corrected chi connectivity index (χ4v) is 2.82. The van der Waals surface area contributed by atoms with E-state index in [0.717, 1.165) is 10.9 Å². The normalized spacial score (nSPS) is 11.2. The number of aryl methyl sites for hydroxylation is 2. The lowest BCUT2D eigenvalue weighted by atomic mass is 10.2. The summed E-state index contributed by atoms with van der Waals surface area (Å²) in [5.74, 6) is 0.804. The summed E-state index contributed by atoms with van der Waals surface area (Å²) in [6.07, 6.45) is 2.29. The van der Waals surface area contributed by atoms with Crippen LogP contribution in [0.1, 0.15) is 12.3 Å². The Morgan fingerprint density at radius 2 is 2.08 bits per heavy atom. The van der Waals surface area contributed by atoms with Crippen molar-refractivity contribution in [2.45, 2.75) is 19.9 Å². The van der Waals surface area contributed by atoms with Crippen molar-refractivity contribution in [2.75, 3.05) is 0 Å². The number of carbonyl (C=O) groups is 1. The minimum absolute atomic E-state index is 0.271. The number of para-hydroxylation sites is 1. The molecule has 5 nitrogen and oxygen atoms in total. The summed E-state index contributed by atoms with van der Waals surface area (Å²) in [4.78, 5) is 16.3. The van der Waals surface area contributed by atoms with E-state index in [2.05, 4.69) is 15.6 Å². The lowest BCUT2D eigenvalue weighted by molar-refractivity contribution is -0.134. The van der Waals surface area contributed by atoms with E-state index in [1.54, 1.807) is 25.1 Å². The minimum Gasteiger partial charge on any atom is -0.441 e. The van der Waals surface area contributed by atoms with Crippen LogP contribution in [0, 0.1) is 6.92 Å². The molecule has 2 aromatic carbocycles. The van der Waals surface area contributed by atoms with Crippen molar-refractivity contribution in [3.05, 3.63) is 60.6 Å². The van der Waals surface area contributed by atoms with Crippen LogP contribution in [-0.2, 0) is 11.3 Å². The van der Waals surface area contributed by atoms with E-state index in [-0.39, 0.29) is 5.97 Å². The first-order valence-electron chi connectivity index (χ1n) is 7.81. The van der Waals surface area contributed by atoms with Crippen LogP contribution < -0.4 is 4.74 Å². The number of rotatable bonds is 4. The zero-order valence-corrected chi connectivity index (χ0v) is 13.2. The van der Waals surface area contributed by atoms with E-state index in [4.69, 9.17) is 9.15 Å². The molecule has 0 spiro atoms. The molecule has 0 aliphatic carbocycles. The molecule has 2 aromatic heterocycles. The van der Waals surface area contributed by atoms with Gasteiger partial charge in [-0.05, 0) is 29.7 Å². The third-order valence-corrected chi connectivity index (χ3v) is 3.93. The summed E-state index contributed by atoms with van der Waals surface area (Å²) in [5, 5.41) is 1.16. The van der Waals surface area contributed by atoms with Crippen LogP contribution in [0.25, 0.3) is 22.0 Å². The monoisotopic (exact) mass is 320 g/mol. The second-order valence-electron chi connectivity index (χ2n) is 5.65. The van der Waals surface area contributed by atoms with Gasteiger partial charge in [-0.25, -0.2) is 4.98 Å². The second kappa shape index (κ2) is 5.85. The van der Waals surface area contributed by atoms with Crippen LogP contribution in [0.15, 0.2) is 59.1 Å². The highest BCUT2D eigenvalue weighted by atomic mass is 16.5. The number of oxazole rings is 1. The Hall–Kier alpha value is -3.08. The van der Waals surface area contributed by atoms with E-state index >= 15 is 0 Å². The van der Waals surface area contributed by atoms with Crippen LogP contribution in [-0.4, -0.2) is 15.5 Å².